The van der Waals surface area contributed by atoms with E-state index in [0.29, 0.717) is 6.54 Å². The molecule has 7 heteroatoms. The molecule has 7 nitrogen and oxygen atoms in total. The summed E-state index contributed by atoms with van der Waals surface area (Å²) in [6.45, 7) is 2.66. The highest BCUT2D eigenvalue weighted by atomic mass is 16.3. The van der Waals surface area contributed by atoms with Gasteiger partial charge in [-0.15, -0.1) is 0 Å². The molecule has 1 aliphatic rings. The number of likely N-dealkylation sites (tertiary alicyclic amines) is 1. The highest BCUT2D eigenvalue weighted by Crippen LogP contribution is 2.08. The summed E-state index contributed by atoms with van der Waals surface area (Å²) in [4.78, 5) is 23.9. The molecule has 1 aliphatic heterocycles. The molecule has 2 unspecified atom stereocenters. The molecule has 0 saturated carbocycles. The molecule has 0 aromatic carbocycles. The molecule has 1 saturated heterocycles. The maximum Gasteiger partial charge on any atom is 0.321 e. The van der Waals surface area contributed by atoms with Gasteiger partial charge < -0.3 is 15.5 Å². The molecule has 1 fully saturated rings. The maximum absolute atomic E-state index is 11.3. The molecule has 3 amide bonds. The van der Waals surface area contributed by atoms with E-state index >= 15 is 0 Å². The molecule has 16 heavy (non-hydrogen) atoms. The number of nitrogens with zero attached hydrogens (tertiary/aromatic N) is 1. The number of aliphatic hydroxyl groups is 2. The van der Waals surface area contributed by atoms with E-state index in [1.165, 1.54) is 0 Å². The van der Waals surface area contributed by atoms with Crippen LogP contribution in [0, 0.1) is 0 Å². The summed E-state index contributed by atoms with van der Waals surface area (Å²) in [5, 5.41) is 23.1. The van der Waals surface area contributed by atoms with Crippen molar-refractivity contribution in [3.63, 3.8) is 0 Å². The summed E-state index contributed by atoms with van der Waals surface area (Å²) in [5.74, 6) is -0.452. The Kier molecular flexibility index (Phi) is 4.66. The number of aliphatic hydroxyl groups excluding tert-OH is 2. The van der Waals surface area contributed by atoms with Gasteiger partial charge in [-0.3, -0.25) is 15.0 Å². The number of hydrogen-bond donors (Lipinski definition) is 4. The lowest BCUT2D eigenvalue weighted by Gasteiger charge is -2.13. The Morgan fingerprint density at radius 3 is 2.38 bits per heavy atom. The van der Waals surface area contributed by atoms with E-state index in [9.17, 15) is 19.8 Å². The third-order valence-electron chi connectivity index (χ3n) is 2.29. The van der Waals surface area contributed by atoms with Crippen molar-refractivity contribution in [2.24, 2.45) is 0 Å². The number of nitrogens with one attached hydrogen (secondary N) is 2. The van der Waals surface area contributed by atoms with Gasteiger partial charge in [0.05, 0.1) is 18.8 Å². The molecule has 0 bridgehead atoms. The number of hydrogen-bond acceptors (Lipinski definition) is 5. The number of urea groups is 1. The van der Waals surface area contributed by atoms with Gasteiger partial charge in [0, 0.05) is 19.6 Å². The van der Waals surface area contributed by atoms with Gasteiger partial charge in [0.25, 0.3) is 0 Å². The normalized spacial score (nSPS) is 25.4. The number of imide groups is 1. The fourth-order valence-electron chi connectivity index (χ4n) is 1.55. The fraction of sp³-hybridized carbons (Fsp3) is 0.778. The number of rotatable bonds is 3. The molecule has 2 atom stereocenters. The third-order valence-corrected chi connectivity index (χ3v) is 2.29. The average Bonchev–Trinajstić information content (AvgIpc) is 2.45. The minimum absolute atomic E-state index is 0.00868. The fourth-order valence-corrected chi connectivity index (χ4v) is 1.55. The van der Waals surface area contributed by atoms with Crippen molar-refractivity contribution in [2.75, 3.05) is 26.2 Å². The van der Waals surface area contributed by atoms with E-state index in [2.05, 4.69) is 10.6 Å². The molecular formula is C9H17N3O4. The van der Waals surface area contributed by atoms with E-state index < -0.39 is 24.1 Å². The molecular weight excluding hydrogens is 214 g/mol. The van der Waals surface area contributed by atoms with Gasteiger partial charge in [-0.1, -0.05) is 0 Å². The van der Waals surface area contributed by atoms with Crippen molar-refractivity contribution >= 4 is 11.9 Å². The van der Waals surface area contributed by atoms with Crippen molar-refractivity contribution in [1.29, 1.82) is 0 Å². The highest BCUT2D eigenvalue weighted by Gasteiger charge is 2.30. The molecule has 0 spiro atoms. The molecule has 1 heterocycles. The molecule has 0 aromatic heterocycles. The minimum atomic E-state index is -0.822. The van der Waals surface area contributed by atoms with Crippen LogP contribution in [0.25, 0.3) is 0 Å². The van der Waals surface area contributed by atoms with Crippen LogP contribution >= 0.6 is 0 Å². The number of carbonyl (C=O) groups excluding carboxylic acids is 2. The average molecular weight is 231 g/mol. The Hall–Kier alpha value is -1.18. The van der Waals surface area contributed by atoms with Crippen LogP contribution in [0.1, 0.15) is 6.92 Å². The van der Waals surface area contributed by atoms with E-state index in [4.69, 9.17) is 0 Å². The van der Waals surface area contributed by atoms with Crippen LogP contribution in [0.15, 0.2) is 0 Å². The van der Waals surface area contributed by atoms with Crippen LogP contribution in [-0.2, 0) is 4.79 Å². The lowest BCUT2D eigenvalue weighted by molar-refractivity contribution is -0.121. The number of β-amino-alcohol motifs (C(OH)–C–C–N with tert-alkyl or cyclic N) is 2. The predicted octanol–water partition coefficient (Wildman–Crippen LogP) is -2.13. The summed E-state index contributed by atoms with van der Waals surface area (Å²) < 4.78 is 0. The zero-order chi connectivity index (χ0) is 12.1. The Bertz CT molecular complexity index is 261. The smallest absolute Gasteiger partial charge is 0.321 e. The molecule has 0 aliphatic carbocycles. The third kappa shape index (κ3) is 3.76. The van der Waals surface area contributed by atoms with E-state index in [1.807, 2.05) is 0 Å². The number of amides is 3. The lowest BCUT2D eigenvalue weighted by atomic mass is 10.3. The molecule has 1 rings (SSSR count). The first-order chi connectivity index (χ1) is 7.52. The van der Waals surface area contributed by atoms with Crippen molar-refractivity contribution in [2.45, 2.75) is 19.1 Å². The van der Waals surface area contributed by atoms with Crippen molar-refractivity contribution in [3.05, 3.63) is 0 Å². The van der Waals surface area contributed by atoms with Crippen molar-refractivity contribution < 1.29 is 19.8 Å². The molecule has 92 valence electrons. The first-order valence-electron chi connectivity index (χ1n) is 5.19. The topological polar surface area (TPSA) is 102 Å². The SMILES string of the molecule is CCNC(=O)NC(=O)CN1CC(O)C(O)C1. The maximum atomic E-state index is 11.3. The second-order valence-corrected chi connectivity index (χ2v) is 3.74. The van der Waals surface area contributed by atoms with Gasteiger partial charge in [-0.25, -0.2) is 4.79 Å². The Morgan fingerprint density at radius 1 is 1.31 bits per heavy atom. The van der Waals surface area contributed by atoms with Crippen LogP contribution < -0.4 is 10.6 Å². The van der Waals surface area contributed by atoms with E-state index in [1.54, 1.807) is 11.8 Å². The van der Waals surface area contributed by atoms with E-state index in [0.717, 1.165) is 0 Å². The Morgan fingerprint density at radius 2 is 1.88 bits per heavy atom. The Labute approximate surface area is 93.4 Å². The summed E-state index contributed by atoms with van der Waals surface area (Å²) in [6, 6.07) is -0.534. The van der Waals surface area contributed by atoms with Crippen LogP contribution in [0.3, 0.4) is 0 Å². The lowest BCUT2D eigenvalue weighted by Crippen LogP contribution is -2.44. The first kappa shape index (κ1) is 12.9. The van der Waals surface area contributed by atoms with E-state index in [-0.39, 0.29) is 19.6 Å². The molecule has 0 radical (unpaired) electrons. The second kappa shape index (κ2) is 5.78. The van der Waals surface area contributed by atoms with Crippen molar-refractivity contribution in [3.8, 4) is 0 Å². The summed E-state index contributed by atoms with van der Waals surface area (Å²) in [5.41, 5.74) is 0. The summed E-state index contributed by atoms with van der Waals surface area (Å²) >= 11 is 0. The predicted molar refractivity (Wildman–Crippen MR) is 55.7 cm³/mol. The van der Waals surface area contributed by atoms with Crippen LogP contribution in [0.2, 0.25) is 0 Å². The quantitative estimate of drug-likeness (QED) is 0.444. The van der Waals surface area contributed by atoms with Crippen LogP contribution in [0.5, 0.6) is 0 Å². The molecule has 0 aromatic rings. The van der Waals surface area contributed by atoms with Crippen LogP contribution in [0.4, 0.5) is 4.79 Å². The van der Waals surface area contributed by atoms with Gasteiger partial charge in [0.1, 0.15) is 0 Å². The van der Waals surface area contributed by atoms with Gasteiger partial charge in [0.2, 0.25) is 5.91 Å². The minimum Gasteiger partial charge on any atom is -0.389 e. The van der Waals surface area contributed by atoms with Crippen LogP contribution in [-0.4, -0.2) is 65.4 Å². The zero-order valence-corrected chi connectivity index (χ0v) is 9.14. The zero-order valence-electron chi connectivity index (χ0n) is 9.14. The molecule has 4 N–H and O–H groups in total. The summed E-state index contributed by atoms with van der Waals surface area (Å²) in [6.07, 6.45) is -1.64. The van der Waals surface area contributed by atoms with Gasteiger partial charge in [-0.05, 0) is 6.92 Å². The van der Waals surface area contributed by atoms with Gasteiger partial charge >= 0.3 is 6.03 Å². The standard InChI is InChI=1S/C9H17N3O4/c1-2-10-9(16)11-8(15)5-12-3-6(13)7(14)4-12/h6-7,13-14H,2-5H2,1H3,(H2,10,11,15,16). The van der Waals surface area contributed by atoms with Crippen molar-refractivity contribution in [1.82, 2.24) is 15.5 Å². The van der Waals surface area contributed by atoms with Gasteiger partial charge in [0.15, 0.2) is 0 Å². The summed E-state index contributed by atoms with van der Waals surface area (Å²) in [7, 11) is 0. The highest BCUT2D eigenvalue weighted by molar-refractivity contribution is 5.95. The Balaban J connectivity index is 2.27. The first-order valence-corrected chi connectivity index (χ1v) is 5.19. The largest absolute Gasteiger partial charge is 0.389 e. The number of carbonyl (C=O) groups is 2. The monoisotopic (exact) mass is 231 g/mol. The van der Waals surface area contributed by atoms with Gasteiger partial charge in [-0.2, -0.15) is 0 Å². The second-order valence-electron chi connectivity index (χ2n) is 3.74.